The lowest BCUT2D eigenvalue weighted by molar-refractivity contribution is 0.0397. The standard InChI is InChI=1S/C29H42O6SSi/c1-7-29(8-2,35-37(9-3,10-4)11-5)16-12-13-21(6)26-17-22(20-36-26)19-34-23-14-15-24(27(30)31)25(18-23)28(32)33/h13-15,17-18,20H,7-12,16,19H2,1-6H3,(H,30,31)(H,32,33). The largest absolute Gasteiger partial charge is 0.489 e. The summed E-state index contributed by atoms with van der Waals surface area (Å²) >= 11 is 1.65. The Hall–Kier alpha value is -2.42. The number of rotatable bonds is 16. The molecule has 0 unspecified atom stereocenters. The number of aromatic carboxylic acids is 2. The summed E-state index contributed by atoms with van der Waals surface area (Å²) in [5.41, 5.74) is 1.61. The van der Waals surface area contributed by atoms with Crippen LogP contribution in [0.2, 0.25) is 18.1 Å². The molecule has 0 aliphatic carbocycles. The molecule has 37 heavy (non-hydrogen) atoms. The molecule has 8 heteroatoms. The van der Waals surface area contributed by atoms with Gasteiger partial charge in [0.05, 0.1) is 16.7 Å². The first-order valence-corrected chi connectivity index (χ1v) is 16.7. The van der Waals surface area contributed by atoms with E-state index >= 15 is 0 Å². The molecule has 0 saturated heterocycles. The van der Waals surface area contributed by atoms with Crippen molar-refractivity contribution < 1.29 is 29.0 Å². The summed E-state index contributed by atoms with van der Waals surface area (Å²) in [4.78, 5) is 23.8. The number of carboxylic acid groups (broad SMARTS) is 2. The molecule has 0 amide bonds. The average molecular weight is 547 g/mol. The minimum atomic E-state index is -1.68. The van der Waals surface area contributed by atoms with E-state index in [1.807, 2.05) is 5.38 Å². The summed E-state index contributed by atoms with van der Waals surface area (Å²) in [5, 5.41) is 20.5. The molecule has 1 aromatic heterocycles. The molecule has 1 aromatic carbocycles. The van der Waals surface area contributed by atoms with Crippen molar-refractivity contribution in [1.29, 1.82) is 0 Å². The number of thiophene rings is 1. The number of carbonyl (C=O) groups is 2. The Labute approximate surface area is 226 Å². The summed E-state index contributed by atoms with van der Waals surface area (Å²) in [7, 11) is -1.68. The normalized spacial score (nSPS) is 12.5. The van der Waals surface area contributed by atoms with E-state index in [0.29, 0.717) is 5.75 Å². The number of benzene rings is 1. The van der Waals surface area contributed by atoms with Crippen molar-refractivity contribution in [2.75, 3.05) is 0 Å². The van der Waals surface area contributed by atoms with Crippen LogP contribution in [0.4, 0.5) is 0 Å². The fraction of sp³-hybridized carbons (Fsp3) is 0.517. The highest BCUT2D eigenvalue weighted by atomic mass is 32.1. The van der Waals surface area contributed by atoms with Gasteiger partial charge in [0, 0.05) is 10.4 Å². The second-order valence-electron chi connectivity index (χ2n) is 9.59. The molecule has 0 spiro atoms. The Balaban J connectivity index is 2.04. The van der Waals surface area contributed by atoms with Crippen LogP contribution < -0.4 is 4.74 Å². The van der Waals surface area contributed by atoms with Crippen LogP contribution >= 0.6 is 11.3 Å². The van der Waals surface area contributed by atoms with Gasteiger partial charge in [0.25, 0.3) is 0 Å². The van der Waals surface area contributed by atoms with Crippen LogP contribution in [0, 0.1) is 0 Å². The Morgan fingerprint density at radius 2 is 1.59 bits per heavy atom. The van der Waals surface area contributed by atoms with Crippen LogP contribution in [0.3, 0.4) is 0 Å². The molecule has 204 valence electrons. The zero-order chi connectivity index (χ0) is 27.6. The van der Waals surface area contributed by atoms with Crippen LogP contribution in [0.25, 0.3) is 5.57 Å². The summed E-state index contributed by atoms with van der Waals surface area (Å²) in [5.74, 6) is -2.25. The second kappa shape index (κ2) is 13.9. The van der Waals surface area contributed by atoms with Gasteiger partial charge in [-0.2, -0.15) is 0 Å². The van der Waals surface area contributed by atoms with Crippen molar-refractivity contribution >= 4 is 37.2 Å². The summed E-state index contributed by atoms with van der Waals surface area (Å²) in [6.45, 7) is 13.8. The quantitative estimate of drug-likeness (QED) is 0.205. The van der Waals surface area contributed by atoms with E-state index in [2.05, 4.69) is 53.7 Å². The van der Waals surface area contributed by atoms with Gasteiger partial charge in [-0.15, -0.1) is 11.3 Å². The van der Waals surface area contributed by atoms with Crippen molar-refractivity contribution in [1.82, 2.24) is 0 Å². The number of ether oxygens (including phenoxy) is 1. The van der Waals surface area contributed by atoms with E-state index in [1.165, 1.54) is 28.6 Å². The van der Waals surface area contributed by atoms with Crippen LogP contribution in [0.15, 0.2) is 35.7 Å². The van der Waals surface area contributed by atoms with E-state index in [4.69, 9.17) is 9.16 Å². The first kappa shape index (κ1) is 30.8. The minimum absolute atomic E-state index is 0.0511. The maximum Gasteiger partial charge on any atom is 0.336 e. The molecule has 2 rings (SSSR count). The second-order valence-corrected chi connectivity index (χ2v) is 15.2. The minimum Gasteiger partial charge on any atom is -0.489 e. The van der Waals surface area contributed by atoms with Crippen LogP contribution in [0.5, 0.6) is 5.75 Å². The van der Waals surface area contributed by atoms with Gasteiger partial charge in [-0.3, -0.25) is 0 Å². The number of hydrogen-bond donors (Lipinski definition) is 2. The first-order valence-electron chi connectivity index (χ1n) is 13.3. The molecule has 6 nitrogen and oxygen atoms in total. The van der Waals surface area contributed by atoms with Gasteiger partial charge in [0.2, 0.25) is 0 Å². The molecule has 0 bridgehead atoms. The molecule has 0 aliphatic heterocycles. The van der Waals surface area contributed by atoms with Crippen LogP contribution in [-0.2, 0) is 11.0 Å². The van der Waals surface area contributed by atoms with Gasteiger partial charge in [-0.25, -0.2) is 9.59 Å². The number of carboxylic acids is 2. The summed E-state index contributed by atoms with van der Waals surface area (Å²) in [6.07, 6.45) is 6.35. The average Bonchev–Trinajstić information content (AvgIpc) is 3.39. The fourth-order valence-electron chi connectivity index (χ4n) is 4.68. The maximum atomic E-state index is 11.4. The van der Waals surface area contributed by atoms with Crippen LogP contribution in [-0.4, -0.2) is 36.1 Å². The van der Waals surface area contributed by atoms with E-state index in [9.17, 15) is 19.8 Å². The third-order valence-electron chi connectivity index (χ3n) is 7.60. The first-order chi connectivity index (χ1) is 17.6. The number of hydrogen-bond acceptors (Lipinski definition) is 5. The van der Waals surface area contributed by atoms with Crippen molar-refractivity contribution in [3.63, 3.8) is 0 Å². The van der Waals surface area contributed by atoms with Gasteiger partial charge in [0.1, 0.15) is 12.4 Å². The monoisotopic (exact) mass is 546 g/mol. The molecule has 0 atom stereocenters. The maximum absolute atomic E-state index is 11.4. The fourth-order valence-corrected chi connectivity index (χ4v) is 8.82. The lowest BCUT2D eigenvalue weighted by Gasteiger charge is -2.42. The third kappa shape index (κ3) is 8.03. The van der Waals surface area contributed by atoms with E-state index in [0.717, 1.165) is 49.4 Å². The van der Waals surface area contributed by atoms with E-state index in [1.54, 1.807) is 11.3 Å². The Kier molecular flexibility index (Phi) is 11.6. The van der Waals surface area contributed by atoms with Crippen LogP contribution in [0.1, 0.15) is 98.4 Å². The highest BCUT2D eigenvalue weighted by molar-refractivity contribution is 7.11. The molecule has 2 aromatic rings. The van der Waals surface area contributed by atoms with E-state index < -0.39 is 20.3 Å². The van der Waals surface area contributed by atoms with Gasteiger partial charge in [-0.05, 0) is 86.0 Å². The van der Waals surface area contributed by atoms with Crippen molar-refractivity contribution in [2.24, 2.45) is 0 Å². The molecular formula is C29H42O6SSi. The molecule has 0 radical (unpaired) electrons. The van der Waals surface area contributed by atoms with Gasteiger partial charge < -0.3 is 19.4 Å². The predicted molar refractivity (Wildman–Crippen MR) is 153 cm³/mol. The zero-order valence-corrected chi connectivity index (χ0v) is 24.9. The third-order valence-corrected chi connectivity index (χ3v) is 13.5. The molecule has 0 saturated carbocycles. The van der Waals surface area contributed by atoms with Crippen molar-refractivity contribution in [2.45, 2.75) is 97.6 Å². The lowest BCUT2D eigenvalue weighted by atomic mass is 9.91. The zero-order valence-electron chi connectivity index (χ0n) is 23.1. The van der Waals surface area contributed by atoms with Gasteiger partial charge in [0.15, 0.2) is 8.32 Å². The SMILES string of the molecule is CCC(CC)(CCC=C(C)c1cc(COc2ccc(C(=O)O)c(C(=O)O)c2)cs1)O[Si](CC)(CC)CC. The highest BCUT2D eigenvalue weighted by Crippen LogP contribution is 2.36. The molecule has 0 fully saturated rings. The lowest BCUT2D eigenvalue weighted by Crippen LogP contribution is -2.46. The van der Waals surface area contributed by atoms with Crippen molar-refractivity contribution in [3.8, 4) is 5.75 Å². The predicted octanol–water partition coefficient (Wildman–Crippen LogP) is 8.49. The Bertz CT molecular complexity index is 1070. The topological polar surface area (TPSA) is 93.1 Å². The Morgan fingerprint density at radius 1 is 0.973 bits per heavy atom. The molecular weight excluding hydrogens is 504 g/mol. The highest BCUT2D eigenvalue weighted by Gasteiger charge is 2.38. The van der Waals surface area contributed by atoms with Crippen molar-refractivity contribution in [3.05, 3.63) is 57.3 Å². The Morgan fingerprint density at radius 3 is 2.14 bits per heavy atom. The molecule has 2 N–H and O–H groups in total. The summed E-state index contributed by atoms with van der Waals surface area (Å²) in [6, 6.07) is 9.59. The van der Waals surface area contributed by atoms with Gasteiger partial charge in [-0.1, -0.05) is 40.7 Å². The number of allylic oxidation sites excluding steroid dienone is 2. The smallest absolute Gasteiger partial charge is 0.336 e. The van der Waals surface area contributed by atoms with E-state index in [-0.39, 0.29) is 23.3 Å². The van der Waals surface area contributed by atoms with Gasteiger partial charge >= 0.3 is 11.9 Å². The molecule has 1 heterocycles. The molecule has 0 aliphatic rings. The summed E-state index contributed by atoms with van der Waals surface area (Å²) < 4.78 is 12.8.